The highest BCUT2D eigenvalue weighted by Gasteiger charge is 2.79. The molecule has 11 aromatic carbocycles. The molecule has 14 aromatic rings. The lowest BCUT2D eigenvalue weighted by Crippen LogP contribution is -2.45. The molecular weight excluding hydrogens is 945 g/mol. The summed E-state index contributed by atoms with van der Waals surface area (Å²) in [5.41, 5.74) is 14.7. The van der Waals surface area contributed by atoms with Crippen LogP contribution in [0.3, 0.4) is 0 Å². The molecule has 3 heterocycles. The van der Waals surface area contributed by atoms with Crippen LogP contribution in [0.25, 0.3) is 96.4 Å². The minimum Gasteiger partial charge on any atom is -0.454 e. The van der Waals surface area contributed by atoms with Crippen molar-refractivity contribution in [2.45, 2.75) is 45.4 Å². The van der Waals surface area contributed by atoms with Crippen molar-refractivity contribution in [2.24, 2.45) is 22.2 Å². The van der Waals surface area contributed by atoms with Gasteiger partial charge in [0.05, 0.1) is 11.4 Å². The van der Waals surface area contributed by atoms with Gasteiger partial charge in [0.25, 0.3) is 0 Å². The van der Waals surface area contributed by atoms with E-state index in [0.29, 0.717) is 16.2 Å². The molecule has 0 radical (unpaired) electrons. The third-order valence-corrected chi connectivity index (χ3v) is 20.9. The molecule has 2 spiro atoms. The molecule has 4 unspecified atom stereocenters. The molecule has 4 aliphatic rings. The zero-order valence-corrected chi connectivity index (χ0v) is 42.9. The second kappa shape index (κ2) is 14.7. The van der Waals surface area contributed by atoms with E-state index in [0.717, 1.165) is 84.7 Å². The topological polar surface area (TPSA) is 32.8 Å². The van der Waals surface area contributed by atoms with Crippen LogP contribution in [0.15, 0.2) is 215 Å². The molecule has 362 valence electrons. The first-order valence-electron chi connectivity index (χ1n) is 27.2. The molecule has 76 heavy (non-hydrogen) atoms. The minimum absolute atomic E-state index is 0.329. The Morgan fingerprint density at radius 1 is 0.461 bits per heavy atom. The molecule has 18 rings (SSSR count). The predicted molar refractivity (Wildman–Crippen MR) is 318 cm³/mol. The SMILES string of the molecule is CC12Cc3c(cccc3N(c3ccc4c(c3)sc3c5ccc(N(c6ccc7ccccc7c6)c6cccc7c6oc6ccccc67)cc5c5ccccc5c43)c3cccc4c3oc3ccccc34)CC13CCC1(CC12)C3. The number of furan rings is 2. The average molecular weight is 995 g/mol. The molecule has 0 aliphatic heterocycles. The lowest BCUT2D eigenvalue weighted by molar-refractivity contribution is 0.0396. The van der Waals surface area contributed by atoms with Crippen molar-refractivity contribution < 1.29 is 8.83 Å². The molecule has 4 atom stereocenters. The van der Waals surface area contributed by atoms with E-state index in [1.54, 1.807) is 5.56 Å². The largest absolute Gasteiger partial charge is 0.454 e. The van der Waals surface area contributed by atoms with Crippen molar-refractivity contribution >= 4 is 142 Å². The van der Waals surface area contributed by atoms with Gasteiger partial charge in [-0.2, -0.15) is 0 Å². The third kappa shape index (κ3) is 5.48. The van der Waals surface area contributed by atoms with Crippen LogP contribution >= 0.6 is 11.3 Å². The number of hydrogen-bond acceptors (Lipinski definition) is 5. The maximum Gasteiger partial charge on any atom is 0.159 e. The fourth-order valence-electron chi connectivity index (χ4n) is 16.2. The van der Waals surface area contributed by atoms with Crippen LogP contribution in [0, 0.1) is 22.2 Å². The van der Waals surface area contributed by atoms with Crippen LogP contribution in [-0.4, -0.2) is 0 Å². The summed E-state index contributed by atoms with van der Waals surface area (Å²) >= 11 is 1.92. The first-order valence-corrected chi connectivity index (χ1v) is 28.1. The summed E-state index contributed by atoms with van der Waals surface area (Å²) < 4.78 is 16.3. The Hall–Kier alpha value is -8.38. The molecule has 4 aliphatic carbocycles. The Labute approximate surface area is 443 Å². The summed E-state index contributed by atoms with van der Waals surface area (Å²) in [4.78, 5) is 4.96. The van der Waals surface area contributed by atoms with Crippen LogP contribution in [0.4, 0.5) is 34.1 Å². The molecule has 3 aromatic heterocycles. The highest BCUT2D eigenvalue weighted by Crippen LogP contribution is 2.86. The van der Waals surface area contributed by atoms with Crippen LogP contribution in [-0.2, 0) is 12.8 Å². The first-order chi connectivity index (χ1) is 37.4. The zero-order valence-electron chi connectivity index (χ0n) is 42.1. The molecular formula is C71H50N2O2S. The van der Waals surface area contributed by atoms with Gasteiger partial charge in [-0.15, -0.1) is 11.3 Å². The number of para-hydroxylation sites is 4. The van der Waals surface area contributed by atoms with E-state index in [1.165, 1.54) is 95.8 Å². The van der Waals surface area contributed by atoms with E-state index in [2.05, 4.69) is 223 Å². The monoisotopic (exact) mass is 994 g/mol. The second-order valence-electron chi connectivity index (χ2n) is 23.2. The molecule has 3 fully saturated rings. The summed E-state index contributed by atoms with van der Waals surface area (Å²) in [7, 11) is 0. The number of nitrogens with zero attached hydrogens (tertiary/aromatic N) is 2. The van der Waals surface area contributed by atoms with Gasteiger partial charge in [-0.25, -0.2) is 0 Å². The van der Waals surface area contributed by atoms with Crippen LogP contribution < -0.4 is 9.80 Å². The van der Waals surface area contributed by atoms with Crippen LogP contribution in [0.5, 0.6) is 0 Å². The number of thiophene rings is 1. The van der Waals surface area contributed by atoms with E-state index in [-0.39, 0.29) is 0 Å². The summed E-state index contributed by atoms with van der Waals surface area (Å²) in [6.07, 6.45) is 8.02. The minimum atomic E-state index is 0.329. The van der Waals surface area contributed by atoms with Gasteiger partial charge in [0.1, 0.15) is 11.2 Å². The van der Waals surface area contributed by atoms with Gasteiger partial charge < -0.3 is 18.6 Å². The van der Waals surface area contributed by atoms with Crippen molar-refractivity contribution in [3.05, 3.63) is 217 Å². The number of benzene rings is 11. The molecule has 3 saturated carbocycles. The number of anilines is 6. The molecule has 0 saturated heterocycles. The van der Waals surface area contributed by atoms with E-state index < -0.39 is 0 Å². The zero-order chi connectivity index (χ0) is 49.6. The Balaban J connectivity index is 0.846. The fraction of sp³-hybridized carbons (Fsp3) is 0.155. The summed E-state index contributed by atoms with van der Waals surface area (Å²) in [6, 6.07) is 76.3. The second-order valence-corrected chi connectivity index (χ2v) is 24.3. The smallest absolute Gasteiger partial charge is 0.159 e. The number of rotatable bonds is 6. The molecule has 0 amide bonds. The quantitative estimate of drug-likeness (QED) is 0.155. The van der Waals surface area contributed by atoms with Crippen molar-refractivity contribution in [1.29, 1.82) is 0 Å². The highest BCUT2D eigenvalue weighted by molar-refractivity contribution is 7.27. The van der Waals surface area contributed by atoms with Gasteiger partial charge in [0, 0.05) is 69.9 Å². The van der Waals surface area contributed by atoms with Crippen LogP contribution in [0.1, 0.15) is 43.7 Å². The Morgan fingerprint density at radius 2 is 1.07 bits per heavy atom. The van der Waals surface area contributed by atoms with Gasteiger partial charge in [-0.05, 0) is 165 Å². The van der Waals surface area contributed by atoms with Crippen LogP contribution in [0.2, 0.25) is 0 Å². The average Bonchev–Trinajstić information content (AvgIpc) is 4.06. The fourth-order valence-corrected chi connectivity index (χ4v) is 17.5. The van der Waals surface area contributed by atoms with E-state index >= 15 is 0 Å². The standard InChI is InChI=1S/C71H50N2O2S/c1-69-39-57-44(38-71(69)34-33-70(41-71)40-64(69)70)15-10-22-58(57)73(60-24-12-21-53-50-18-7-9-26-62(50)75-67(53)60)47-30-32-55-63(37-47)76-68-54-31-29-46(36-56(54)48-16-4-5-19-51(48)65(55)68)72(45-28-27-42-13-2-3-14-43(42)35-45)59-23-11-20-52-49-17-6-8-25-61(49)74-66(52)59/h2-32,35-37,64H,33-34,38-41H2,1H3. The van der Waals surface area contributed by atoms with Gasteiger partial charge in [0.15, 0.2) is 11.2 Å². The van der Waals surface area contributed by atoms with Gasteiger partial charge in [-0.1, -0.05) is 146 Å². The molecule has 0 N–H and O–H groups in total. The maximum atomic E-state index is 6.92. The Bertz CT molecular complexity index is 4870. The van der Waals surface area contributed by atoms with Gasteiger partial charge in [-0.3, -0.25) is 0 Å². The van der Waals surface area contributed by atoms with Gasteiger partial charge in [0.2, 0.25) is 0 Å². The normalized spacial score (nSPS) is 21.5. The highest BCUT2D eigenvalue weighted by atomic mass is 32.1. The predicted octanol–water partition coefficient (Wildman–Crippen LogP) is 20.5. The van der Waals surface area contributed by atoms with E-state index in [4.69, 9.17) is 8.83 Å². The lowest BCUT2D eigenvalue weighted by atomic mass is 9.54. The lowest BCUT2D eigenvalue weighted by Gasteiger charge is -2.51. The molecule has 5 heteroatoms. The van der Waals surface area contributed by atoms with Crippen molar-refractivity contribution in [3.8, 4) is 0 Å². The van der Waals surface area contributed by atoms with Crippen molar-refractivity contribution in [2.75, 3.05) is 9.80 Å². The first kappa shape index (κ1) is 41.9. The Morgan fingerprint density at radius 3 is 1.84 bits per heavy atom. The van der Waals surface area contributed by atoms with Crippen molar-refractivity contribution in [1.82, 2.24) is 0 Å². The van der Waals surface area contributed by atoms with E-state index in [9.17, 15) is 0 Å². The number of fused-ring (bicyclic) bond motifs is 17. The number of hydrogen-bond donors (Lipinski definition) is 0. The third-order valence-electron chi connectivity index (χ3n) is 19.7. The summed E-state index contributed by atoms with van der Waals surface area (Å²) in [5.74, 6) is 0.852. The molecule has 4 nitrogen and oxygen atoms in total. The molecule has 2 bridgehead atoms. The summed E-state index contributed by atoms with van der Waals surface area (Å²) in [5, 5.41) is 14.5. The van der Waals surface area contributed by atoms with Crippen molar-refractivity contribution in [3.63, 3.8) is 0 Å². The Kier molecular flexibility index (Phi) is 8.12. The maximum absolute atomic E-state index is 6.92. The van der Waals surface area contributed by atoms with E-state index in [1.807, 2.05) is 11.3 Å². The van der Waals surface area contributed by atoms with Gasteiger partial charge >= 0.3 is 0 Å². The summed E-state index contributed by atoms with van der Waals surface area (Å²) in [6.45, 7) is 2.68.